The molecule has 2 atom stereocenters. The molecule has 1 aliphatic carbocycles. The third kappa shape index (κ3) is 5.50. The molecule has 0 bridgehead atoms. The Morgan fingerprint density at radius 1 is 1.38 bits per heavy atom. The molecule has 3 heteroatoms. The van der Waals surface area contributed by atoms with Gasteiger partial charge in [-0.05, 0) is 31.1 Å². The van der Waals surface area contributed by atoms with Gasteiger partial charge in [-0.3, -0.25) is 4.79 Å². The van der Waals surface area contributed by atoms with Crippen molar-refractivity contribution < 1.29 is 9.90 Å². The normalized spacial score (nSPS) is 20.9. The van der Waals surface area contributed by atoms with Crippen LogP contribution in [-0.4, -0.2) is 17.1 Å². The summed E-state index contributed by atoms with van der Waals surface area (Å²) in [6.45, 7) is 2.27. The molecule has 16 heavy (non-hydrogen) atoms. The van der Waals surface area contributed by atoms with Crippen LogP contribution in [-0.2, 0) is 4.79 Å². The Kier molecular flexibility index (Phi) is 5.81. The van der Waals surface area contributed by atoms with Gasteiger partial charge < -0.3 is 10.8 Å². The van der Waals surface area contributed by atoms with Gasteiger partial charge in [0, 0.05) is 6.04 Å². The average Bonchev–Trinajstić information content (AvgIpc) is 2.66. The van der Waals surface area contributed by atoms with Gasteiger partial charge in [0.1, 0.15) is 0 Å². The van der Waals surface area contributed by atoms with Crippen molar-refractivity contribution in [2.75, 3.05) is 0 Å². The van der Waals surface area contributed by atoms with Crippen molar-refractivity contribution in [3.05, 3.63) is 0 Å². The van der Waals surface area contributed by atoms with E-state index in [1.165, 1.54) is 32.1 Å². The molecule has 0 aromatic heterocycles. The third-order valence-electron chi connectivity index (χ3n) is 3.68. The maximum atomic E-state index is 10.5. The molecule has 0 aliphatic heterocycles. The Bertz CT molecular complexity index is 212. The molecule has 0 radical (unpaired) electrons. The maximum absolute atomic E-state index is 10.5. The van der Waals surface area contributed by atoms with E-state index in [0.717, 1.165) is 18.8 Å². The summed E-state index contributed by atoms with van der Waals surface area (Å²) < 4.78 is 0. The van der Waals surface area contributed by atoms with E-state index in [0.29, 0.717) is 5.92 Å². The molecule has 0 heterocycles. The smallest absolute Gasteiger partial charge is 0.304 e. The van der Waals surface area contributed by atoms with Crippen LogP contribution in [0.3, 0.4) is 0 Å². The second-order valence-corrected chi connectivity index (χ2v) is 5.43. The lowest BCUT2D eigenvalue weighted by Crippen LogP contribution is -2.24. The summed E-state index contributed by atoms with van der Waals surface area (Å²) in [5, 5.41) is 8.60. The van der Waals surface area contributed by atoms with Gasteiger partial charge in [0.15, 0.2) is 0 Å². The van der Waals surface area contributed by atoms with Gasteiger partial charge in [-0.2, -0.15) is 0 Å². The molecular formula is C13H25NO2. The Hall–Kier alpha value is -0.570. The van der Waals surface area contributed by atoms with Crippen molar-refractivity contribution in [2.45, 2.75) is 64.3 Å². The maximum Gasteiger partial charge on any atom is 0.304 e. The summed E-state index contributed by atoms with van der Waals surface area (Å²) in [4.78, 5) is 10.5. The number of hydrogen-bond donors (Lipinski definition) is 2. The quantitative estimate of drug-likeness (QED) is 0.703. The highest BCUT2D eigenvalue weighted by molar-refractivity contribution is 5.67. The molecule has 1 fully saturated rings. The van der Waals surface area contributed by atoms with Crippen LogP contribution in [0.5, 0.6) is 0 Å². The predicted octanol–water partition coefficient (Wildman–Crippen LogP) is 2.79. The minimum atomic E-state index is -0.782. The van der Waals surface area contributed by atoms with E-state index in [1.54, 1.807) is 0 Å². The van der Waals surface area contributed by atoms with Gasteiger partial charge in [0.2, 0.25) is 0 Å². The number of aliphatic carboxylic acids is 1. The van der Waals surface area contributed by atoms with Crippen LogP contribution in [0.2, 0.25) is 0 Å². The van der Waals surface area contributed by atoms with Crippen LogP contribution in [0, 0.1) is 11.8 Å². The molecule has 1 rings (SSSR count). The van der Waals surface area contributed by atoms with Gasteiger partial charge in [-0.15, -0.1) is 0 Å². The van der Waals surface area contributed by atoms with E-state index < -0.39 is 5.97 Å². The molecule has 0 unspecified atom stereocenters. The van der Waals surface area contributed by atoms with E-state index in [2.05, 4.69) is 6.92 Å². The number of rotatable bonds is 7. The molecular weight excluding hydrogens is 202 g/mol. The summed E-state index contributed by atoms with van der Waals surface area (Å²) in [5.41, 5.74) is 5.75. The highest BCUT2D eigenvalue weighted by atomic mass is 16.4. The zero-order chi connectivity index (χ0) is 12.0. The Balaban J connectivity index is 2.08. The number of carbonyl (C=O) groups is 1. The largest absolute Gasteiger partial charge is 0.481 e. The van der Waals surface area contributed by atoms with Crippen molar-refractivity contribution in [2.24, 2.45) is 17.6 Å². The number of carboxylic acids is 1. The first-order valence-electron chi connectivity index (χ1n) is 6.55. The van der Waals surface area contributed by atoms with Crippen molar-refractivity contribution in [3.8, 4) is 0 Å². The Morgan fingerprint density at radius 2 is 2.00 bits per heavy atom. The molecule has 0 spiro atoms. The minimum Gasteiger partial charge on any atom is -0.481 e. The van der Waals surface area contributed by atoms with Gasteiger partial charge >= 0.3 is 5.97 Å². The summed E-state index contributed by atoms with van der Waals surface area (Å²) in [6, 6.07) is -0.163. The highest BCUT2D eigenvalue weighted by Gasteiger charge is 2.18. The average molecular weight is 227 g/mol. The van der Waals surface area contributed by atoms with E-state index >= 15 is 0 Å². The van der Waals surface area contributed by atoms with Crippen LogP contribution in [0.1, 0.15) is 58.3 Å². The Morgan fingerprint density at radius 3 is 2.56 bits per heavy atom. The first-order chi connectivity index (χ1) is 7.58. The van der Waals surface area contributed by atoms with E-state index in [-0.39, 0.29) is 12.5 Å². The lowest BCUT2D eigenvalue weighted by atomic mass is 9.90. The number of carboxylic acid groups (broad SMARTS) is 1. The molecule has 1 aliphatic rings. The van der Waals surface area contributed by atoms with Crippen LogP contribution in [0.25, 0.3) is 0 Å². The first kappa shape index (κ1) is 13.5. The van der Waals surface area contributed by atoms with Crippen molar-refractivity contribution in [1.82, 2.24) is 0 Å². The second kappa shape index (κ2) is 6.89. The minimum absolute atomic E-state index is 0.107. The zero-order valence-corrected chi connectivity index (χ0v) is 10.3. The molecule has 94 valence electrons. The summed E-state index contributed by atoms with van der Waals surface area (Å²) in [6.07, 6.45) is 8.92. The van der Waals surface area contributed by atoms with Crippen LogP contribution >= 0.6 is 0 Å². The summed E-state index contributed by atoms with van der Waals surface area (Å²) >= 11 is 0. The van der Waals surface area contributed by atoms with Crippen LogP contribution in [0.15, 0.2) is 0 Å². The first-order valence-corrected chi connectivity index (χ1v) is 6.55. The van der Waals surface area contributed by atoms with Gasteiger partial charge in [0.05, 0.1) is 6.42 Å². The fourth-order valence-corrected chi connectivity index (χ4v) is 2.76. The molecule has 0 saturated heterocycles. The third-order valence-corrected chi connectivity index (χ3v) is 3.68. The lowest BCUT2D eigenvalue weighted by Gasteiger charge is -2.17. The van der Waals surface area contributed by atoms with Crippen molar-refractivity contribution in [3.63, 3.8) is 0 Å². The van der Waals surface area contributed by atoms with Crippen molar-refractivity contribution >= 4 is 5.97 Å². The Labute approximate surface area is 98.4 Å². The fraction of sp³-hybridized carbons (Fsp3) is 0.923. The summed E-state index contributed by atoms with van der Waals surface area (Å²) in [5.74, 6) is 0.838. The van der Waals surface area contributed by atoms with Gasteiger partial charge in [0.25, 0.3) is 0 Å². The number of hydrogen-bond acceptors (Lipinski definition) is 2. The second-order valence-electron chi connectivity index (χ2n) is 5.43. The molecule has 3 N–H and O–H groups in total. The predicted molar refractivity (Wildman–Crippen MR) is 65.2 cm³/mol. The van der Waals surface area contributed by atoms with Gasteiger partial charge in [-0.25, -0.2) is 0 Å². The molecule has 1 saturated carbocycles. The molecule has 0 aromatic carbocycles. The standard InChI is InChI=1S/C13H25NO2/c1-10(8-11-4-2-3-5-11)6-7-12(14)9-13(15)16/h10-12H,2-9,14H2,1H3,(H,15,16)/t10-,12+/m1/s1. The van der Waals surface area contributed by atoms with Crippen LogP contribution < -0.4 is 5.73 Å². The van der Waals surface area contributed by atoms with E-state index in [9.17, 15) is 4.79 Å². The van der Waals surface area contributed by atoms with Crippen molar-refractivity contribution in [1.29, 1.82) is 0 Å². The zero-order valence-electron chi connectivity index (χ0n) is 10.3. The van der Waals surface area contributed by atoms with Gasteiger partial charge in [-0.1, -0.05) is 32.6 Å². The number of nitrogens with two attached hydrogens (primary N) is 1. The van der Waals surface area contributed by atoms with Crippen LogP contribution in [0.4, 0.5) is 0 Å². The van der Waals surface area contributed by atoms with E-state index in [1.807, 2.05) is 0 Å². The fourth-order valence-electron chi connectivity index (χ4n) is 2.76. The molecule has 0 amide bonds. The monoisotopic (exact) mass is 227 g/mol. The highest BCUT2D eigenvalue weighted by Crippen LogP contribution is 2.31. The SMILES string of the molecule is C[C@H](CC[C@H](N)CC(=O)O)CC1CCCC1. The summed E-state index contributed by atoms with van der Waals surface area (Å²) in [7, 11) is 0. The molecule has 3 nitrogen and oxygen atoms in total. The lowest BCUT2D eigenvalue weighted by molar-refractivity contribution is -0.137. The molecule has 0 aromatic rings. The topological polar surface area (TPSA) is 63.3 Å². The van der Waals surface area contributed by atoms with E-state index in [4.69, 9.17) is 10.8 Å².